The number of hydrogen-bond acceptors (Lipinski definition) is 8. The number of nitrogen functional groups attached to an aromatic ring is 1. The van der Waals surface area contributed by atoms with Gasteiger partial charge in [-0.2, -0.15) is 0 Å². The third-order valence-corrected chi connectivity index (χ3v) is 8.67. The van der Waals surface area contributed by atoms with Gasteiger partial charge in [0.25, 0.3) is 0 Å². The van der Waals surface area contributed by atoms with E-state index >= 15 is 0 Å². The van der Waals surface area contributed by atoms with Gasteiger partial charge >= 0.3 is 0 Å². The quantitative estimate of drug-likeness (QED) is 0.165. The lowest BCUT2D eigenvalue weighted by molar-refractivity contribution is 0.878. The summed E-state index contributed by atoms with van der Waals surface area (Å²) in [4.78, 5) is 12.9. The Morgan fingerprint density at radius 3 is 2.51 bits per heavy atom. The van der Waals surface area contributed by atoms with E-state index in [1.54, 1.807) is 22.7 Å². The number of thiophene rings is 1. The summed E-state index contributed by atoms with van der Waals surface area (Å²) in [6.45, 7) is 10.0. The average Bonchev–Trinajstić information content (AvgIpc) is 3.81. The van der Waals surface area contributed by atoms with Crippen LogP contribution in [0.4, 0.5) is 27.2 Å². The maximum atomic E-state index is 6.06. The van der Waals surface area contributed by atoms with E-state index in [4.69, 9.17) is 10.7 Å². The van der Waals surface area contributed by atoms with Crippen molar-refractivity contribution >= 4 is 61.2 Å². The maximum absolute atomic E-state index is 6.06. The minimum Gasteiger partial charge on any atom is -0.397 e. The van der Waals surface area contributed by atoms with Crippen LogP contribution in [0.1, 0.15) is 29.9 Å². The molecule has 4 N–H and O–H groups in total. The monoisotopic (exact) mass is 577 g/mol. The lowest BCUT2D eigenvalue weighted by Crippen LogP contribution is -2.14. The summed E-state index contributed by atoms with van der Waals surface area (Å²) < 4.78 is 2.10. The van der Waals surface area contributed by atoms with Crippen molar-refractivity contribution in [1.29, 1.82) is 0 Å². The molecule has 7 nitrogen and oxygen atoms in total. The van der Waals surface area contributed by atoms with Gasteiger partial charge in [-0.1, -0.05) is 56.8 Å². The van der Waals surface area contributed by atoms with Crippen LogP contribution in [-0.4, -0.2) is 14.4 Å². The van der Waals surface area contributed by atoms with Crippen molar-refractivity contribution < 1.29 is 0 Å². The Morgan fingerprint density at radius 2 is 1.73 bits per heavy atom. The number of rotatable bonds is 7. The number of para-hydroxylation sites is 2. The molecule has 5 heterocycles. The second-order valence-corrected chi connectivity index (χ2v) is 11.3. The lowest BCUT2D eigenvalue weighted by Gasteiger charge is -2.17. The molecule has 0 bridgehead atoms. The molecule has 0 aliphatic carbocycles. The van der Waals surface area contributed by atoms with Crippen molar-refractivity contribution in [2.24, 2.45) is 0 Å². The Hall–Kier alpha value is -4.60. The fraction of sp³-hybridized carbons (Fsp3) is 0.125. The number of thiazole rings is 1. The molecule has 1 aliphatic heterocycles. The smallest absolute Gasteiger partial charge is 0.188 e. The number of nitrogens with zero attached hydrogens (tertiary/aromatic N) is 4. The molecule has 0 spiro atoms. The summed E-state index contributed by atoms with van der Waals surface area (Å²) in [7, 11) is 0. The second-order valence-electron chi connectivity index (χ2n) is 9.40. The standard InChI is InChI=1S/C30H25N7S2.C2H6/c1-19(33-24-9-5-4-8-23(24)31)27-10-11-29(39-27)35-30-34-25(18-38-30)26-15-32-28-14-22(12-13-37(26)28)36-16-20-6-2-3-7-21(20)17-36;1-2/h2-15,18,33H,1,16-17,31H2,(H,34,35);1-2H3. The number of benzene rings is 2. The highest BCUT2D eigenvalue weighted by molar-refractivity contribution is 7.18. The van der Waals surface area contributed by atoms with E-state index in [1.165, 1.54) is 16.8 Å². The molecular formula is C32H31N7S2. The number of aromatic nitrogens is 3. The highest BCUT2D eigenvalue weighted by Crippen LogP contribution is 2.34. The van der Waals surface area contributed by atoms with E-state index in [9.17, 15) is 0 Å². The van der Waals surface area contributed by atoms with Crippen LogP contribution < -0.4 is 21.3 Å². The third kappa shape index (κ3) is 5.41. The molecule has 9 heteroatoms. The molecular weight excluding hydrogens is 547 g/mol. The molecule has 0 saturated heterocycles. The van der Waals surface area contributed by atoms with Crippen molar-refractivity contribution in [2.45, 2.75) is 26.9 Å². The zero-order valence-electron chi connectivity index (χ0n) is 23.0. The average molecular weight is 578 g/mol. The number of imidazole rings is 1. The number of nitrogens with one attached hydrogen (secondary N) is 2. The first-order valence-corrected chi connectivity index (χ1v) is 15.2. The summed E-state index contributed by atoms with van der Waals surface area (Å²) in [5.41, 5.74) is 15.1. The first-order valence-electron chi connectivity index (χ1n) is 13.5. The molecule has 0 saturated carbocycles. The number of hydrogen-bond donors (Lipinski definition) is 3. The summed E-state index contributed by atoms with van der Waals surface area (Å²) >= 11 is 3.18. The van der Waals surface area contributed by atoms with Gasteiger partial charge in [-0.05, 0) is 41.5 Å². The Bertz CT molecular complexity index is 1810. The van der Waals surface area contributed by atoms with Gasteiger partial charge in [0.1, 0.15) is 11.3 Å². The minimum atomic E-state index is 0.689. The normalized spacial score (nSPS) is 12.1. The minimum absolute atomic E-state index is 0.689. The van der Waals surface area contributed by atoms with Crippen molar-refractivity contribution in [3.05, 3.63) is 113 Å². The fourth-order valence-electron chi connectivity index (χ4n) is 4.83. The lowest BCUT2D eigenvalue weighted by atomic mass is 10.1. The van der Waals surface area contributed by atoms with Crippen molar-refractivity contribution in [3.63, 3.8) is 0 Å². The molecule has 1 aliphatic rings. The maximum Gasteiger partial charge on any atom is 0.188 e. The van der Waals surface area contributed by atoms with Crippen molar-refractivity contribution in [1.82, 2.24) is 14.4 Å². The third-order valence-electron chi connectivity index (χ3n) is 6.85. The predicted molar refractivity (Wildman–Crippen MR) is 175 cm³/mol. The van der Waals surface area contributed by atoms with Gasteiger partial charge in [-0.3, -0.25) is 4.40 Å². The molecule has 0 fully saturated rings. The van der Waals surface area contributed by atoms with Crippen LogP contribution in [0.25, 0.3) is 22.7 Å². The predicted octanol–water partition coefficient (Wildman–Crippen LogP) is 8.47. The zero-order valence-corrected chi connectivity index (χ0v) is 24.6. The molecule has 0 radical (unpaired) electrons. The molecule has 2 aromatic carbocycles. The molecule has 0 amide bonds. The van der Waals surface area contributed by atoms with Crippen LogP contribution in [0.5, 0.6) is 0 Å². The largest absolute Gasteiger partial charge is 0.397 e. The highest BCUT2D eigenvalue weighted by Gasteiger charge is 2.20. The van der Waals surface area contributed by atoms with Gasteiger partial charge in [0.2, 0.25) is 0 Å². The number of pyridine rings is 1. The van der Waals surface area contributed by atoms with Crippen LogP contribution in [-0.2, 0) is 13.1 Å². The van der Waals surface area contributed by atoms with Crippen LogP contribution in [0.15, 0.2) is 97.1 Å². The summed E-state index contributed by atoms with van der Waals surface area (Å²) in [6, 6.07) is 24.7. The number of anilines is 5. The van der Waals surface area contributed by atoms with E-state index in [0.717, 1.165) is 56.5 Å². The van der Waals surface area contributed by atoms with Gasteiger partial charge in [0.15, 0.2) is 5.13 Å². The molecule has 206 valence electrons. The first-order chi connectivity index (χ1) is 20.1. The summed E-state index contributed by atoms with van der Waals surface area (Å²) in [5.74, 6) is 0. The molecule has 0 unspecified atom stereocenters. The Kier molecular flexibility index (Phi) is 7.45. The van der Waals surface area contributed by atoms with Crippen LogP contribution >= 0.6 is 22.7 Å². The van der Waals surface area contributed by atoms with Crippen LogP contribution in [0, 0.1) is 0 Å². The Morgan fingerprint density at radius 1 is 0.976 bits per heavy atom. The molecule has 41 heavy (non-hydrogen) atoms. The summed E-state index contributed by atoms with van der Waals surface area (Å²) in [5, 5.41) is 10.6. The van der Waals surface area contributed by atoms with Crippen LogP contribution in [0.3, 0.4) is 0 Å². The van der Waals surface area contributed by atoms with E-state index in [0.29, 0.717) is 5.69 Å². The molecule has 6 aromatic rings. The SMILES string of the molecule is C=C(Nc1ccccc1N)c1ccc(Nc2nc(-c3cnc4cc(N5Cc6ccccc6C5)ccn34)cs2)s1.CC. The number of fused-ring (bicyclic) bond motifs is 2. The van der Waals surface area contributed by atoms with Gasteiger partial charge in [0, 0.05) is 42.1 Å². The van der Waals surface area contributed by atoms with E-state index in [-0.39, 0.29) is 0 Å². The van der Waals surface area contributed by atoms with E-state index in [2.05, 4.69) is 79.5 Å². The van der Waals surface area contributed by atoms with Crippen LogP contribution in [0.2, 0.25) is 0 Å². The zero-order chi connectivity index (χ0) is 28.3. The number of nitrogens with two attached hydrogens (primary N) is 1. The Balaban J connectivity index is 0.00000148. The van der Waals surface area contributed by atoms with E-state index < -0.39 is 0 Å². The van der Waals surface area contributed by atoms with Gasteiger partial charge in [0.05, 0.1) is 33.1 Å². The molecule has 7 rings (SSSR count). The fourth-order valence-corrected chi connectivity index (χ4v) is 6.44. The van der Waals surface area contributed by atoms with Gasteiger partial charge in [-0.15, -0.1) is 22.7 Å². The molecule has 0 atom stereocenters. The highest BCUT2D eigenvalue weighted by atomic mass is 32.1. The van der Waals surface area contributed by atoms with Crippen molar-refractivity contribution in [2.75, 3.05) is 21.3 Å². The first kappa shape index (κ1) is 26.6. The van der Waals surface area contributed by atoms with Gasteiger partial charge in [-0.25, -0.2) is 9.97 Å². The van der Waals surface area contributed by atoms with E-state index in [1.807, 2.05) is 56.4 Å². The summed E-state index contributed by atoms with van der Waals surface area (Å²) in [6.07, 6.45) is 3.98. The van der Waals surface area contributed by atoms with Crippen molar-refractivity contribution in [3.8, 4) is 11.4 Å². The van der Waals surface area contributed by atoms with Gasteiger partial charge < -0.3 is 21.3 Å². The molecule has 4 aromatic heterocycles. The topological polar surface area (TPSA) is 83.5 Å². The second kappa shape index (κ2) is 11.5. The Labute approximate surface area is 247 Å².